The van der Waals surface area contributed by atoms with Gasteiger partial charge in [0.2, 0.25) is 0 Å². The van der Waals surface area contributed by atoms with E-state index in [0.717, 1.165) is 0 Å². The van der Waals surface area contributed by atoms with E-state index in [1.54, 1.807) is 0 Å². The lowest BCUT2D eigenvalue weighted by atomic mass is 9.85. The molecule has 2 heteroatoms. The molecule has 0 aliphatic heterocycles. The average molecular weight is 619 g/mol. The van der Waals surface area contributed by atoms with Gasteiger partial charge in [0, 0.05) is 40.3 Å². The summed E-state index contributed by atoms with van der Waals surface area (Å²) in [7, 11) is 0. The van der Waals surface area contributed by atoms with Crippen molar-refractivity contribution >= 4 is 84.6 Å². The van der Waals surface area contributed by atoms with Crippen LogP contribution in [-0.4, -0.2) is 0 Å². The van der Waals surface area contributed by atoms with E-state index >= 15 is 0 Å². The molecule has 2 heterocycles. The summed E-state index contributed by atoms with van der Waals surface area (Å²) in [5.74, 6) is 0. The van der Waals surface area contributed by atoms with Crippen LogP contribution in [0.15, 0.2) is 158 Å². The summed E-state index contributed by atoms with van der Waals surface area (Å²) in [6, 6.07) is 58.2. The first-order valence-electron chi connectivity index (χ1n) is 15.7. The van der Waals surface area contributed by atoms with Gasteiger partial charge < -0.3 is 0 Å². The molecule has 0 fully saturated rings. The van der Waals surface area contributed by atoms with Gasteiger partial charge in [-0.2, -0.15) is 0 Å². The molecular weight excluding hydrogens is 593 g/mol. The first-order valence-corrected chi connectivity index (χ1v) is 17.3. The van der Waals surface area contributed by atoms with E-state index in [4.69, 9.17) is 0 Å². The van der Waals surface area contributed by atoms with Crippen LogP contribution >= 0.6 is 22.7 Å². The largest absolute Gasteiger partial charge is 0.135 e. The van der Waals surface area contributed by atoms with E-state index < -0.39 is 0 Å². The zero-order chi connectivity index (χ0) is 30.2. The second-order valence-corrected chi connectivity index (χ2v) is 14.1. The molecule has 0 atom stereocenters. The van der Waals surface area contributed by atoms with Crippen LogP contribution in [0.5, 0.6) is 0 Å². The van der Waals surface area contributed by atoms with Gasteiger partial charge in [-0.3, -0.25) is 0 Å². The molecule has 0 saturated heterocycles. The quantitative estimate of drug-likeness (QED) is 0.173. The molecule has 10 aromatic rings. The maximum atomic E-state index is 2.43. The van der Waals surface area contributed by atoms with E-state index in [-0.39, 0.29) is 0 Å². The van der Waals surface area contributed by atoms with Gasteiger partial charge in [-0.05, 0) is 73.1 Å². The lowest BCUT2D eigenvalue weighted by molar-refractivity contribution is 1.61. The molecule has 0 unspecified atom stereocenters. The van der Waals surface area contributed by atoms with Crippen molar-refractivity contribution in [3.05, 3.63) is 158 Å². The molecule has 0 spiro atoms. The number of fused-ring (bicyclic) bond motifs is 9. The Morgan fingerprint density at radius 1 is 0.283 bits per heavy atom. The van der Waals surface area contributed by atoms with Crippen LogP contribution in [0.25, 0.3) is 95.3 Å². The van der Waals surface area contributed by atoms with E-state index in [0.29, 0.717) is 0 Å². The Hall–Kier alpha value is -5.28. The summed E-state index contributed by atoms with van der Waals surface area (Å²) >= 11 is 3.83. The number of benzene rings is 8. The van der Waals surface area contributed by atoms with Crippen LogP contribution in [0.1, 0.15) is 0 Å². The minimum absolute atomic E-state index is 1.24. The highest BCUT2D eigenvalue weighted by Crippen LogP contribution is 2.47. The van der Waals surface area contributed by atoms with Crippen molar-refractivity contribution < 1.29 is 0 Å². The number of thiophene rings is 2. The van der Waals surface area contributed by atoms with E-state index in [1.807, 2.05) is 22.7 Å². The summed E-state index contributed by atoms with van der Waals surface area (Å²) in [6.07, 6.45) is 0. The topological polar surface area (TPSA) is 0 Å². The Bertz CT molecular complexity index is 2720. The Labute approximate surface area is 274 Å². The number of hydrogen-bond donors (Lipinski definition) is 0. The molecule has 46 heavy (non-hydrogen) atoms. The highest BCUT2D eigenvalue weighted by atomic mass is 32.1. The van der Waals surface area contributed by atoms with Crippen molar-refractivity contribution in [2.24, 2.45) is 0 Å². The average Bonchev–Trinajstić information content (AvgIpc) is 3.69. The fourth-order valence-corrected chi connectivity index (χ4v) is 9.89. The summed E-state index contributed by atoms with van der Waals surface area (Å²) in [6.45, 7) is 0. The van der Waals surface area contributed by atoms with Crippen molar-refractivity contribution in [3.63, 3.8) is 0 Å². The van der Waals surface area contributed by atoms with Gasteiger partial charge in [-0.25, -0.2) is 0 Å². The van der Waals surface area contributed by atoms with E-state index in [2.05, 4.69) is 158 Å². The first kappa shape index (κ1) is 26.0. The Morgan fingerprint density at radius 3 is 1.50 bits per heavy atom. The molecule has 214 valence electrons. The van der Waals surface area contributed by atoms with Gasteiger partial charge in [0.05, 0.1) is 0 Å². The molecule has 8 aromatic carbocycles. The predicted molar refractivity (Wildman–Crippen MR) is 204 cm³/mol. The second kappa shape index (κ2) is 10.1. The zero-order valence-corrected chi connectivity index (χ0v) is 26.5. The smallest absolute Gasteiger partial charge is 0.0448 e. The third-order valence-corrected chi connectivity index (χ3v) is 11.8. The number of hydrogen-bond acceptors (Lipinski definition) is 2. The zero-order valence-electron chi connectivity index (χ0n) is 24.8. The molecule has 0 aliphatic rings. The predicted octanol–water partition coefficient (Wildman–Crippen LogP) is 13.7. The Morgan fingerprint density at radius 2 is 0.804 bits per heavy atom. The van der Waals surface area contributed by atoms with E-state index in [9.17, 15) is 0 Å². The fourth-order valence-electron chi connectivity index (χ4n) is 7.41. The van der Waals surface area contributed by atoms with Crippen molar-refractivity contribution in [2.75, 3.05) is 0 Å². The van der Waals surface area contributed by atoms with Gasteiger partial charge in [0.1, 0.15) is 0 Å². The van der Waals surface area contributed by atoms with Crippen LogP contribution < -0.4 is 0 Å². The minimum Gasteiger partial charge on any atom is -0.135 e. The maximum Gasteiger partial charge on any atom is 0.0448 e. The van der Waals surface area contributed by atoms with Crippen molar-refractivity contribution in [1.29, 1.82) is 0 Å². The monoisotopic (exact) mass is 618 g/mol. The first-order chi connectivity index (χ1) is 22.8. The molecular formula is C44H26S2. The maximum absolute atomic E-state index is 2.43. The van der Waals surface area contributed by atoms with Crippen LogP contribution in [0.2, 0.25) is 0 Å². The molecule has 0 nitrogen and oxygen atoms in total. The van der Waals surface area contributed by atoms with Crippen LogP contribution in [0, 0.1) is 0 Å². The van der Waals surface area contributed by atoms with Crippen molar-refractivity contribution in [3.8, 4) is 33.4 Å². The number of rotatable bonds is 3. The molecule has 10 rings (SSSR count). The normalized spacial score (nSPS) is 11.9. The minimum atomic E-state index is 1.24. The van der Waals surface area contributed by atoms with Crippen molar-refractivity contribution in [2.45, 2.75) is 0 Å². The summed E-state index contributed by atoms with van der Waals surface area (Å²) in [5.41, 5.74) is 7.59. The molecule has 0 amide bonds. The van der Waals surface area contributed by atoms with Crippen LogP contribution in [0.3, 0.4) is 0 Å². The molecule has 0 aliphatic carbocycles. The fraction of sp³-hybridized carbons (Fsp3) is 0. The van der Waals surface area contributed by atoms with E-state index in [1.165, 1.54) is 95.3 Å². The van der Waals surface area contributed by atoms with Crippen LogP contribution in [-0.2, 0) is 0 Å². The van der Waals surface area contributed by atoms with Gasteiger partial charge in [0.15, 0.2) is 0 Å². The summed E-state index contributed by atoms with van der Waals surface area (Å²) in [5, 5.41) is 10.6. The summed E-state index contributed by atoms with van der Waals surface area (Å²) < 4.78 is 5.45. The lowest BCUT2D eigenvalue weighted by Gasteiger charge is -2.18. The molecule has 0 bridgehead atoms. The molecule has 2 aromatic heterocycles. The third kappa shape index (κ3) is 3.84. The highest BCUT2D eigenvalue weighted by Gasteiger charge is 2.18. The highest BCUT2D eigenvalue weighted by molar-refractivity contribution is 7.29. The Balaban J connectivity index is 1.21. The van der Waals surface area contributed by atoms with Crippen LogP contribution in [0.4, 0.5) is 0 Å². The van der Waals surface area contributed by atoms with Gasteiger partial charge in [-0.1, -0.05) is 140 Å². The molecule has 0 radical (unpaired) electrons. The summed E-state index contributed by atoms with van der Waals surface area (Å²) in [4.78, 5) is 0. The van der Waals surface area contributed by atoms with Gasteiger partial charge in [0.25, 0.3) is 0 Å². The molecule has 0 saturated carbocycles. The van der Waals surface area contributed by atoms with Gasteiger partial charge in [-0.15, -0.1) is 22.7 Å². The Kier molecular flexibility index (Phi) is 5.72. The third-order valence-electron chi connectivity index (χ3n) is 9.48. The SMILES string of the molecule is c1ccc(-c2ccc(-c3c4ccccc4c(-c4ccc5c(c4)sc4c5ccc5sc6ccccc6c54)c4ccccc34)cc2)cc1. The lowest BCUT2D eigenvalue weighted by Crippen LogP contribution is -1.90. The van der Waals surface area contributed by atoms with Crippen molar-refractivity contribution in [1.82, 2.24) is 0 Å². The van der Waals surface area contributed by atoms with Gasteiger partial charge >= 0.3 is 0 Å². The molecule has 0 N–H and O–H groups in total. The second-order valence-electron chi connectivity index (χ2n) is 12.0. The standard InChI is InChI=1S/C44H26S2/c1-2-10-27(11-3-1)28-18-20-29(21-19-28)41-32-12-4-6-14-34(32)42(35-15-7-5-13-33(35)41)30-22-23-31-36-24-25-39-43(44(36)46-40(31)26-30)37-16-8-9-17-38(37)45-39/h1-26H.